The van der Waals surface area contributed by atoms with Crippen molar-refractivity contribution in [2.75, 3.05) is 5.73 Å². The van der Waals surface area contributed by atoms with Crippen molar-refractivity contribution in [3.8, 4) is 0 Å². The zero-order valence-corrected chi connectivity index (χ0v) is 6.07. The number of hydrogen-bond donors (Lipinski definition) is 2. The van der Waals surface area contributed by atoms with Crippen molar-refractivity contribution >= 4 is 17.0 Å². The van der Waals surface area contributed by atoms with Crippen LogP contribution in [0.1, 0.15) is 0 Å². The van der Waals surface area contributed by atoms with Crippen molar-refractivity contribution < 1.29 is 4.57 Å². The highest BCUT2D eigenvalue weighted by Crippen LogP contribution is 2.07. The Bertz CT molecular complexity index is 391. The number of nitrogen functional groups attached to an aromatic ring is 1. The van der Waals surface area contributed by atoms with Gasteiger partial charge in [-0.3, -0.25) is 0 Å². The van der Waals surface area contributed by atoms with Crippen LogP contribution in [0.25, 0.3) is 11.2 Å². The predicted molar refractivity (Wildman–Crippen MR) is 39.5 cm³/mol. The summed E-state index contributed by atoms with van der Waals surface area (Å²) in [4.78, 5) is 10.8. The fourth-order valence-corrected chi connectivity index (χ4v) is 1.07. The average molecular weight is 150 g/mol. The van der Waals surface area contributed by atoms with Crippen LogP contribution < -0.4 is 10.3 Å². The molecule has 0 aromatic carbocycles. The Labute approximate surface area is 62.9 Å². The van der Waals surface area contributed by atoms with Gasteiger partial charge in [0.25, 0.3) is 5.65 Å². The normalized spacial score (nSPS) is 10.6. The van der Waals surface area contributed by atoms with Gasteiger partial charge in [-0.1, -0.05) is 0 Å². The second-order valence-corrected chi connectivity index (χ2v) is 2.34. The second kappa shape index (κ2) is 1.91. The molecule has 0 fully saturated rings. The largest absolute Gasteiger partial charge is 0.380 e. The van der Waals surface area contributed by atoms with Crippen LogP contribution in [0, 0.1) is 0 Å². The number of nitrogens with one attached hydrogen (secondary N) is 1. The quantitative estimate of drug-likeness (QED) is 0.491. The van der Waals surface area contributed by atoms with Crippen LogP contribution in [0.4, 0.5) is 5.82 Å². The van der Waals surface area contributed by atoms with E-state index in [4.69, 9.17) is 5.73 Å². The molecule has 0 unspecified atom stereocenters. The van der Waals surface area contributed by atoms with Crippen LogP contribution >= 0.6 is 0 Å². The minimum absolute atomic E-state index is 0.499. The summed E-state index contributed by atoms with van der Waals surface area (Å²) >= 11 is 0. The summed E-state index contributed by atoms with van der Waals surface area (Å²) in [5, 5.41) is 0. The topological polar surface area (TPSA) is 71.5 Å². The summed E-state index contributed by atoms with van der Waals surface area (Å²) in [6, 6.07) is 0. The van der Waals surface area contributed by atoms with E-state index in [0.717, 1.165) is 11.2 Å². The average Bonchev–Trinajstić information content (AvgIpc) is 2.34. The lowest BCUT2D eigenvalue weighted by Gasteiger charge is -1.89. The van der Waals surface area contributed by atoms with Gasteiger partial charge in [0.1, 0.15) is 6.33 Å². The van der Waals surface area contributed by atoms with Crippen molar-refractivity contribution in [2.45, 2.75) is 0 Å². The number of aryl methyl sites for hydroxylation is 1. The second-order valence-electron chi connectivity index (χ2n) is 2.34. The summed E-state index contributed by atoms with van der Waals surface area (Å²) in [6.07, 6.45) is 3.23. The van der Waals surface area contributed by atoms with Gasteiger partial charge in [0, 0.05) is 0 Å². The van der Waals surface area contributed by atoms with Crippen LogP contribution in [0.2, 0.25) is 0 Å². The molecule has 3 N–H and O–H groups in total. The minimum atomic E-state index is 0.499. The number of aromatic nitrogens is 4. The molecule has 0 aliphatic heterocycles. The van der Waals surface area contributed by atoms with E-state index in [9.17, 15) is 0 Å². The zero-order chi connectivity index (χ0) is 7.84. The first-order valence-corrected chi connectivity index (χ1v) is 3.22. The lowest BCUT2D eigenvalue weighted by atomic mass is 10.5. The summed E-state index contributed by atoms with van der Waals surface area (Å²) in [6.45, 7) is 0. The molecule has 0 bridgehead atoms. The number of nitrogens with two attached hydrogens (primary N) is 1. The molecule has 0 aliphatic rings. The highest BCUT2D eigenvalue weighted by atomic mass is 15.1. The Morgan fingerprint density at radius 3 is 3.09 bits per heavy atom. The number of aromatic amines is 1. The molecule has 0 aliphatic carbocycles. The van der Waals surface area contributed by atoms with Gasteiger partial charge >= 0.3 is 0 Å². The van der Waals surface area contributed by atoms with Crippen LogP contribution in [-0.4, -0.2) is 15.0 Å². The number of hydrogen-bond acceptors (Lipinski definition) is 3. The first-order chi connectivity index (χ1) is 5.29. The van der Waals surface area contributed by atoms with Crippen LogP contribution in [-0.2, 0) is 7.05 Å². The monoisotopic (exact) mass is 150 g/mol. The summed E-state index contributed by atoms with van der Waals surface area (Å²) < 4.78 is 1.85. The number of rotatable bonds is 0. The van der Waals surface area contributed by atoms with Gasteiger partial charge in [0.05, 0.1) is 7.05 Å². The van der Waals surface area contributed by atoms with Gasteiger partial charge in [-0.2, -0.15) is 4.98 Å². The van der Waals surface area contributed by atoms with Crippen molar-refractivity contribution in [1.29, 1.82) is 0 Å². The lowest BCUT2D eigenvalue weighted by molar-refractivity contribution is -0.644. The molecule has 5 nitrogen and oxygen atoms in total. The third-order valence-corrected chi connectivity index (χ3v) is 1.60. The molecule has 0 spiro atoms. The maximum atomic E-state index is 5.61. The Balaban J connectivity index is 2.96. The van der Waals surface area contributed by atoms with Gasteiger partial charge in [-0.25, -0.2) is 14.5 Å². The Morgan fingerprint density at radius 1 is 1.55 bits per heavy atom. The summed E-state index contributed by atoms with van der Waals surface area (Å²) in [5.74, 6) is 0.499. The number of fused-ring (bicyclic) bond motifs is 1. The molecule has 0 radical (unpaired) electrons. The van der Waals surface area contributed by atoms with Gasteiger partial charge in [0.15, 0.2) is 5.82 Å². The molecule has 11 heavy (non-hydrogen) atoms. The van der Waals surface area contributed by atoms with Gasteiger partial charge in [0.2, 0.25) is 11.8 Å². The molecule has 56 valence electrons. The molecule has 2 heterocycles. The standard InChI is InChI=1S/C6H7N5/c1-11-3-10-6-4(11)5(7)8-2-9-6/h2-3H,1H3,(H2,7,8,9)/p+1. The summed E-state index contributed by atoms with van der Waals surface area (Å²) in [7, 11) is 1.89. The molecular weight excluding hydrogens is 142 g/mol. The minimum Gasteiger partial charge on any atom is -0.380 e. The van der Waals surface area contributed by atoms with Crippen molar-refractivity contribution in [3.05, 3.63) is 12.7 Å². The third-order valence-electron chi connectivity index (χ3n) is 1.60. The van der Waals surface area contributed by atoms with E-state index in [-0.39, 0.29) is 0 Å². The number of anilines is 1. The Hall–Kier alpha value is -1.65. The predicted octanol–water partition coefficient (Wildman–Crippen LogP) is -0.635. The molecule has 5 heteroatoms. The molecule has 0 saturated heterocycles. The fourth-order valence-electron chi connectivity index (χ4n) is 1.07. The smallest absolute Gasteiger partial charge is 0.271 e. The highest BCUT2D eigenvalue weighted by molar-refractivity contribution is 5.76. The molecule has 2 aromatic heterocycles. The van der Waals surface area contributed by atoms with E-state index in [2.05, 4.69) is 15.0 Å². The number of imidazole rings is 1. The third kappa shape index (κ3) is 0.739. The van der Waals surface area contributed by atoms with Crippen molar-refractivity contribution in [3.63, 3.8) is 0 Å². The first kappa shape index (κ1) is 6.09. The van der Waals surface area contributed by atoms with Gasteiger partial charge in [-0.15, -0.1) is 0 Å². The maximum absolute atomic E-state index is 5.61. The number of nitrogens with zero attached hydrogens (tertiary/aromatic N) is 3. The molecule has 2 aromatic rings. The molecular formula is C6H8N5+. The SMILES string of the molecule is C[n+]1c[nH]c2ncnc(N)c21. The number of H-pyrrole nitrogens is 1. The van der Waals surface area contributed by atoms with Gasteiger partial charge in [-0.05, 0) is 0 Å². The maximum Gasteiger partial charge on any atom is 0.271 e. The van der Waals surface area contributed by atoms with E-state index in [1.807, 2.05) is 11.6 Å². The first-order valence-electron chi connectivity index (χ1n) is 3.22. The zero-order valence-electron chi connectivity index (χ0n) is 6.07. The fraction of sp³-hybridized carbons (Fsp3) is 0.167. The summed E-state index contributed by atoms with van der Waals surface area (Å²) in [5.41, 5.74) is 7.21. The molecule has 0 atom stereocenters. The van der Waals surface area contributed by atoms with E-state index in [1.165, 1.54) is 6.33 Å². The van der Waals surface area contributed by atoms with Crippen molar-refractivity contribution in [2.24, 2.45) is 7.05 Å². The van der Waals surface area contributed by atoms with Crippen molar-refractivity contribution in [1.82, 2.24) is 15.0 Å². The molecule has 2 rings (SSSR count). The van der Waals surface area contributed by atoms with Crippen LogP contribution in [0.15, 0.2) is 12.7 Å². The Kier molecular flexibility index (Phi) is 1.06. The van der Waals surface area contributed by atoms with E-state index < -0.39 is 0 Å². The van der Waals surface area contributed by atoms with Crippen LogP contribution in [0.5, 0.6) is 0 Å². The van der Waals surface area contributed by atoms with Gasteiger partial charge < -0.3 is 5.73 Å². The Morgan fingerprint density at radius 2 is 2.36 bits per heavy atom. The molecule has 0 amide bonds. The van der Waals surface area contributed by atoms with E-state index in [1.54, 1.807) is 6.33 Å². The molecule has 0 saturated carbocycles. The lowest BCUT2D eigenvalue weighted by Crippen LogP contribution is -2.26. The highest BCUT2D eigenvalue weighted by Gasteiger charge is 2.10. The van der Waals surface area contributed by atoms with E-state index in [0.29, 0.717) is 5.82 Å². The van der Waals surface area contributed by atoms with Crippen LogP contribution in [0.3, 0.4) is 0 Å². The van der Waals surface area contributed by atoms with E-state index >= 15 is 0 Å².